The third-order valence-electron chi connectivity index (χ3n) is 3.07. The topological polar surface area (TPSA) is 47.6 Å². The summed E-state index contributed by atoms with van der Waals surface area (Å²) in [6.07, 6.45) is 0. The van der Waals surface area contributed by atoms with Gasteiger partial charge in [0.05, 0.1) is 5.56 Å². The standard InChI is InChI=1S/C15H11BrClNO3/c16-12-6-10(17)2-3-11(12)15(19)18-7-9-1-4-13-14(5-9)21-8-20-13/h1-6H,7-8H2,(H,18,19). The Morgan fingerprint density at radius 1 is 1.19 bits per heavy atom. The van der Waals surface area contributed by atoms with E-state index in [4.69, 9.17) is 21.1 Å². The van der Waals surface area contributed by atoms with Crippen LogP contribution >= 0.6 is 27.5 Å². The Labute approximate surface area is 135 Å². The number of benzene rings is 2. The molecule has 1 amide bonds. The van der Waals surface area contributed by atoms with E-state index in [1.807, 2.05) is 18.2 Å². The summed E-state index contributed by atoms with van der Waals surface area (Å²) in [5.41, 5.74) is 1.48. The molecule has 2 aromatic carbocycles. The summed E-state index contributed by atoms with van der Waals surface area (Å²) in [5.74, 6) is 1.26. The van der Waals surface area contributed by atoms with Gasteiger partial charge in [-0.1, -0.05) is 17.7 Å². The van der Waals surface area contributed by atoms with Gasteiger partial charge in [-0.15, -0.1) is 0 Å². The average Bonchev–Trinajstić information content (AvgIpc) is 2.92. The molecule has 3 rings (SSSR count). The highest BCUT2D eigenvalue weighted by molar-refractivity contribution is 9.10. The van der Waals surface area contributed by atoms with Gasteiger partial charge in [0.2, 0.25) is 6.79 Å². The molecule has 0 radical (unpaired) electrons. The van der Waals surface area contributed by atoms with Gasteiger partial charge in [-0.2, -0.15) is 0 Å². The van der Waals surface area contributed by atoms with Crippen LogP contribution in [0.25, 0.3) is 0 Å². The minimum Gasteiger partial charge on any atom is -0.454 e. The van der Waals surface area contributed by atoms with Gasteiger partial charge >= 0.3 is 0 Å². The van der Waals surface area contributed by atoms with E-state index in [1.165, 1.54) is 0 Å². The first-order chi connectivity index (χ1) is 10.1. The molecule has 0 saturated heterocycles. The van der Waals surface area contributed by atoms with Crippen molar-refractivity contribution in [1.29, 1.82) is 0 Å². The van der Waals surface area contributed by atoms with E-state index >= 15 is 0 Å². The molecule has 0 aromatic heterocycles. The maximum absolute atomic E-state index is 12.1. The maximum Gasteiger partial charge on any atom is 0.252 e. The van der Waals surface area contributed by atoms with Gasteiger partial charge in [0.15, 0.2) is 11.5 Å². The van der Waals surface area contributed by atoms with E-state index in [1.54, 1.807) is 18.2 Å². The zero-order chi connectivity index (χ0) is 14.8. The summed E-state index contributed by atoms with van der Waals surface area (Å²) in [6.45, 7) is 0.646. The van der Waals surface area contributed by atoms with Gasteiger partial charge in [-0.3, -0.25) is 4.79 Å². The van der Waals surface area contributed by atoms with Crippen LogP contribution in [0.1, 0.15) is 15.9 Å². The second kappa shape index (κ2) is 5.95. The lowest BCUT2D eigenvalue weighted by Gasteiger charge is -2.08. The molecule has 4 nitrogen and oxygen atoms in total. The molecule has 0 fully saturated rings. The van der Waals surface area contributed by atoms with Crippen LogP contribution in [0.5, 0.6) is 11.5 Å². The quantitative estimate of drug-likeness (QED) is 0.897. The molecule has 0 atom stereocenters. The lowest BCUT2D eigenvalue weighted by molar-refractivity contribution is 0.0950. The van der Waals surface area contributed by atoms with Crippen LogP contribution in [0.15, 0.2) is 40.9 Å². The fourth-order valence-corrected chi connectivity index (χ4v) is 2.86. The lowest BCUT2D eigenvalue weighted by Crippen LogP contribution is -2.23. The highest BCUT2D eigenvalue weighted by Gasteiger charge is 2.14. The van der Waals surface area contributed by atoms with Crippen molar-refractivity contribution in [2.24, 2.45) is 0 Å². The smallest absolute Gasteiger partial charge is 0.252 e. The van der Waals surface area contributed by atoms with Crippen LogP contribution in [0.3, 0.4) is 0 Å². The van der Waals surface area contributed by atoms with Crippen LogP contribution in [0, 0.1) is 0 Å². The Balaban J connectivity index is 1.68. The Kier molecular flexibility index (Phi) is 4.03. The predicted molar refractivity (Wildman–Crippen MR) is 82.9 cm³/mol. The third kappa shape index (κ3) is 3.14. The lowest BCUT2D eigenvalue weighted by atomic mass is 10.2. The second-order valence-electron chi connectivity index (χ2n) is 4.49. The molecule has 1 aliphatic heterocycles. The molecule has 6 heteroatoms. The Morgan fingerprint density at radius 2 is 2.00 bits per heavy atom. The summed E-state index contributed by atoms with van der Waals surface area (Å²) < 4.78 is 11.2. The minimum absolute atomic E-state index is 0.170. The Hall–Kier alpha value is -1.72. The SMILES string of the molecule is O=C(NCc1ccc2c(c1)OCO2)c1ccc(Cl)cc1Br. The molecule has 0 unspecified atom stereocenters. The number of hydrogen-bond donors (Lipinski definition) is 1. The Bertz CT molecular complexity index is 705. The van der Waals surface area contributed by atoms with Gasteiger partial charge in [-0.05, 0) is 51.8 Å². The number of nitrogens with one attached hydrogen (secondary N) is 1. The van der Waals surface area contributed by atoms with E-state index in [9.17, 15) is 4.79 Å². The molecule has 0 saturated carbocycles. The zero-order valence-electron chi connectivity index (χ0n) is 10.9. The van der Waals surface area contributed by atoms with Crippen LogP contribution in [0.2, 0.25) is 5.02 Å². The molecule has 21 heavy (non-hydrogen) atoms. The molecule has 0 bridgehead atoms. The van der Waals surface area contributed by atoms with Gasteiger partial charge in [0.1, 0.15) is 0 Å². The van der Waals surface area contributed by atoms with Crippen LogP contribution in [0.4, 0.5) is 0 Å². The highest BCUT2D eigenvalue weighted by Crippen LogP contribution is 2.32. The summed E-state index contributed by atoms with van der Waals surface area (Å²) in [5, 5.41) is 3.44. The monoisotopic (exact) mass is 367 g/mol. The minimum atomic E-state index is -0.170. The van der Waals surface area contributed by atoms with E-state index in [0.717, 1.165) is 11.3 Å². The second-order valence-corrected chi connectivity index (χ2v) is 5.79. The van der Waals surface area contributed by atoms with E-state index in [-0.39, 0.29) is 12.7 Å². The van der Waals surface area contributed by atoms with Crippen molar-refractivity contribution in [2.45, 2.75) is 6.54 Å². The molecule has 0 aliphatic carbocycles. The molecule has 1 heterocycles. The van der Waals surface area contributed by atoms with Crippen molar-refractivity contribution in [2.75, 3.05) is 6.79 Å². The maximum atomic E-state index is 12.1. The fourth-order valence-electron chi connectivity index (χ4n) is 2.00. The number of carbonyl (C=O) groups is 1. The molecule has 1 aliphatic rings. The van der Waals surface area contributed by atoms with Gasteiger partial charge < -0.3 is 14.8 Å². The zero-order valence-corrected chi connectivity index (χ0v) is 13.2. The molecular formula is C15H11BrClNO3. The van der Waals surface area contributed by atoms with Crippen molar-refractivity contribution in [3.63, 3.8) is 0 Å². The molecule has 0 spiro atoms. The normalized spacial score (nSPS) is 12.3. The van der Waals surface area contributed by atoms with Crippen molar-refractivity contribution < 1.29 is 14.3 Å². The number of halogens is 2. The summed E-state index contributed by atoms with van der Waals surface area (Å²) in [6, 6.07) is 10.6. The van der Waals surface area contributed by atoms with E-state index < -0.39 is 0 Å². The number of carbonyl (C=O) groups excluding carboxylic acids is 1. The summed E-state index contributed by atoms with van der Waals surface area (Å²) in [7, 11) is 0. The molecule has 1 N–H and O–H groups in total. The van der Waals surface area contributed by atoms with E-state index in [2.05, 4.69) is 21.2 Å². The van der Waals surface area contributed by atoms with Crippen molar-refractivity contribution in [3.05, 3.63) is 57.0 Å². The summed E-state index contributed by atoms with van der Waals surface area (Å²) in [4.78, 5) is 12.1. The largest absolute Gasteiger partial charge is 0.454 e. The van der Waals surface area contributed by atoms with Crippen molar-refractivity contribution in [3.8, 4) is 11.5 Å². The first-order valence-corrected chi connectivity index (χ1v) is 7.42. The first-order valence-electron chi connectivity index (χ1n) is 6.25. The predicted octanol–water partition coefficient (Wildman–Crippen LogP) is 3.76. The number of rotatable bonds is 3. The van der Waals surface area contributed by atoms with Gasteiger partial charge in [0.25, 0.3) is 5.91 Å². The van der Waals surface area contributed by atoms with E-state index in [0.29, 0.717) is 27.4 Å². The van der Waals surface area contributed by atoms with Crippen LogP contribution < -0.4 is 14.8 Å². The summed E-state index contributed by atoms with van der Waals surface area (Å²) >= 11 is 9.19. The van der Waals surface area contributed by atoms with Crippen LogP contribution in [-0.2, 0) is 6.54 Å². The third-order valence-corrected chi connectivity index (χ3v) is 3.96. The van der Waals surface area contributed by atoms with Crippen LogP contribution in [-0.4, -0.2) is 12.7 Å². The molecule has 2 aromatic rings. The van der Waals surface area contributed by atoms with Crippen molar-refractivity contribution in [1.82, 2.24) is 5.32 Å². The number of hydrogen-bond acceptors (Lipinski definition) is 3. The number of fused-ring (bicyclic) bond motifs is 1. The van der Waals surface area contributed by atoms with Crippen molar-refractivity contribution >= 4 is 33.4 Å². The first kappa shape index (κ1) is 14.2. The Morgan fingerprint density at radius 3 is 2.81 bits per heavy atom. The molecule has 108 valence electrons. The number of ether oxygens (including phenoxy) is 2. The highest BCUT2D eigenvalue weighted by atomic mass is 79.9. The molecular weight excluding hydrogens is 358 g/mol. The van der Waals surface area contributed by atoms with Gasteiger partial charge in [-0.25, -0.2) is 0 Å². The number of amides is 1. The average molecular weight is 369 g/mol. The van der Waals surface area contributed by atoms with Gasteiger partial charge in [0, 0.05) is 16.0 Å². The fraction of sp³-hybridized carbons (Fsp3) is 0.133.